The number of carboxylic acid groups (broad SMARTS) is 1. The SMILES string of the molecule is C[C@]12C=CC(=O)C=C1CC[C@H]1C3=C[C@@H](O)[C@](O)(C(=O)C(O)CCCC(=O)O)[C@@]3(C)C[C@H](O)[C@@H]12. The molecule has 33 heavy (non-hydrogen) atoms. The molecule has 8 atom stereocenters. The Kier molecular flexibility index (Phi) is 5.80. The average Bonchev–Trinajstić information content (AvgIpc) is 2.94. The second kappa shape index (κ2) is 7.98. The van der Waals surface area contributed by atoms with E-state index in [4.69, 9.17) is 5.11 Å². The van der Waals surface area contributed by atoms with E-state index in [9.17, 15) is 34.8 Å². The molecular formula is C25H32O8. The summed E-state index contributed by atoms with van der Waals surface area (Å²) in [5.74, 6) is -2.59. The normalized spacial score (nSPS) is 42.5. The molecule has 0 aromatic rings. The summed E-state index contributed by atoms with van der Waals surface area (Å²) in [6.07, 6.45) is 3.28. The first kappa shape index (κ1) is 24.0. The van der Waals surface area contributed by atoms with Crippen LogP contribution in [0.2, 0.25) is 0 Å². The highest BCUT2D eigenvalue weighted by Crippen LogP contribution is 2.65. The third-order valence-electron chi connectivity index (χ3n) is 8.67. The molecule has 0 spiro atoms. The summed E-state index contributed by atoms with van der Waals surface area (Å²) in [7, 11) is 0. The van der Waals surface area contributed by atoms with E-state index < -0.39 is 46.5 Å². The van der Waals surface area contributed by atoms with Crippen LogP contribution in [0.5, 0.6) is 0 Å². The van der Waals surface area contributed by atoms with Gasteiger partial charge in [0.05, 0.1) is 6.10 Å². The van der Waals surface area contributed by atoms with Gasteiger partial charge in [-0.05, 0) is 50.2 Å². The van der Waals surface area contributed by atoms with E-state index in [1.54, 1.807) is 13.0 Å². The Bertz CT molecular complexity index is 979. The minimum absolute atomic E-state index is 0.00576. The topological polar surface area (TPSA) is 152 Å². The van der Waals surface area contributed by atoms with Crippen LogP contribution in [-0.2, 0) is 14.4 Å². The third-order valence-corrected chi connectivity index (χ3v) is 8.67. The van der Waals surface area contributed by atoms with Gasteiger partial charge < -0.3 is 25.5 Å². The Morgan fingerprint density at radius 2 is 1.94 bits per heavy atom. The highest BCUT2D eigenvalue weighted by atomic mass is 16.4. The van der Waals surface area contributed by atoms with Crippen LogP contribution in [0.3, 0.4) is 0 Å². The number of hydrogen-bond acceptors (Lipinski definition) is 7. The average molecular weight is 461 g/mol. The Morgan fingerprint density at radius 1 is 1.24 bits per heavy atom. The van der Waals surface area contributed by atoms with E-state index in [1.165, 1.54) is 12.2 Å². The first-order valence-corrected chi connectivity index (χ1v) is 11.6. The van der Waals surface area contributed by atoms with E-state index in [0.717, 1.165) is 5.57 Å². The lowest BCUT2D eigenvalue weighted by Gasteiger charge is -2.58. The zero-order chi connectivity index (χ0) is 24.3. The molecular weight excluding hydrogens is 428 g/mol. The molecule has 0 aliphatic heterocycles. The molecule has 4 aliphatic rings. The summed E-state index contributed by atoms with van der Waals surface area (Å²) in [5, 5.41) is 53.0. The number of hydrogen-bond donors (Lipinski definition) is 5. The van der Waals surface area contributed by atoms with E-state index in [-0.39, 0.29) is 43.3 Å². The molecule has 180 valence electrons. The van der Waals surface area contributed by atoms with E-state index in [2.05, 4.69) is 0 Å². The van der Waals surface area contributed by atoms with Crippen molar-refractivity contribution in [1.29, 1.82) is 0 Å². The van der Waals surface area contributed by atoms with Gasteiger partial charge >= 0.3 is 5.97 Å². The molecule has 2 saturated carbocycles. The number of carbonyl (C=O) groups excluding carboxylic acids is 2. The maximum atomic E-state index is 13.2. The molecule has 5 N–H and O–H groups in total. The van der Waals surface area contributed by atoms with Gasteiger partial charge in [0.1, 0.15) is 12.2 Å². The van der Waals surface area contributed by atoms with E-state index in [1.807, 2.05) is 13.0 Å². The fourth-order valence-corrected chi connectivity index (χ4v) is 6.95. The zero-order valence-electron chi connectivity index (χ0n) is 18.9. The maximum Gasteiger partial charge on any atom is 0.303 e. The minimum Gasteiger partial charge on any atom is -0.481 e. The highest BCUT2D eigenvalue weighted by molar-refractivity contribution is 6.01. The van der Waals surface area contributed by atoms with Gasteiger partial charge in [-0.1, -0.05) is 37.1 Å². The Labute approximate surface area is 192 Å². The number of rotatable bonds is 6. The van der Waals surface area contributed by atoms with Crippen LogP contribution in [0, 0.1) is 22.7 Å². The van der Waals surface area contributed by atoms with Gasteiger partial charge in [-0.2, -0.15) is 0 Å². The number of fused-ring (bicyclic) bond motifs is 5. The molecule has 2 fully saturated rings. The van der Waals surface area contributed by atoms with Gasteiger partial charge in [-0.25, -0.2) is 0 Å². The standard InChI is InChI=1S/C25H32O8/c1-23-9-8-14(26)10-13(23)6-7-15-16-11-19(29)25(33,24(16,2)12-18(28)21(15)23)22(32)17(27)4-3-5-20(30)31/h8-11,15,17-19,21,27-29,33H,3-7,12H2,1-2H3,(H,30,31)/t15-,17?,18-,19+,21+,23-,24-,25-/m0/s1. The van der Waals surface area contributed by atoms with Crippen molar-refractivity contribution < 1.29 is 39.9 Å². The van der Waals surface area contributed by atoms with Crippen LogP contribution in [0.4, 0.5) is 0 Å². The predicted octanol–water partition coefficient (Wildman–Crippen LogP) is 1.07. The molecule has 0 saturated heterocycles. The molecule has 0 bridgehead atoms. The van der Waals surface area contributed by atoms with Crippen molar-refractivity contribution in [3.8, 4) is 0 Å². The van der Waals surface area contributed by atoms with Gasteiger partial charge in [0.2, 0.25) is 0 Å². The van der Waals surface area contributed by atoms with Crippen LogP contribution < -0.4 is 0 Å². The summed E-state index contributed by atoms with van der Waals surface area (Å²) >= 11 is 0. The number of ketones is 2. The van der Waals surface area contributed by atoms with E-state index in [0.29, 0.717) is 18.4 Å². The number of Topliss-reactive ketones (excluding diaryl/α,β-unsaturated/α-hetero) is 1. The number of aliphatic hydroxyl groups excluding tert-OH is 3. The van der Waals surface area contributed by atoms with Crippen LogP contribution in [0.1, 0.15) is 52.4 Å². The van der Waals surface area contributed by atoms with Gasteiger partial charge in [-0.3, -0.25) is 14.4 Å². The second-order valence-corrected chi connectivity index (χ2v) is 10.5. The van der Waals surface area contributed by atoms with Crippen LogP contribution in [0.15, 0.2) is 35.5 Å². The van der Waals surface area contributed by atoms with Gasteiger partial charge in [0.25, 0.3) is 0 Å². The van der Waals surface area contributed by atoms with Crippen molar-refractivity contribution in [2.75, 3.05) is 0 Å². The number of carbonyl (C=O) groups is 3. The maximum absolute atomic E-state index is 13.2. The molecule has 8 heteroatoms. The summed E-state index contributed by atoms with van der Waals surface area (Å²) < 4.78 is 0. The summed E-state index contributed by atoms with van der Waals surface area (Å²) in [5.41, 5.74) is -2.51. The lowest BCUT2D eigenvalue weighted by molar-refractivity contribution is -0.180. The largest absolute Gasteiger partial charge is 0.481 e. The fraction of sp³-hybridized carbons (Fsp3) is 0.640. The monoisotopic (exact) mass is 460 g/mol. The number of allylic oxidation sites excluding steroid dienone is 4. The van der Waals surface area contributed by atoms with E-state index >= 15 is 0 Å². The van der Waals surface area contributed by atoms with Gasteiger partial charge in [-0.15, -0.1) is 0 Å². The van der Waals surface area contributed by atoms with Crippen LogP contribution in [0.25, 0.3) is 0 Å². The van der Waals surface area contributed by atoms with Crippen LogP contribution >= 0.6 is 0 Å². The van der Waals surface area contributed by atoms with Gasteiger partial charge in [0, 0.05) is 23.2 Å². The summed E-state index contributed by atoms with van der Waals surface area (Å²) in [4.78, 5) is 35.9. The molecule has 0 amide bonds. The minimum atomic E-state index is -2.33. The second-order valence-electron chi connectivity index (χ2n) is 10.5. The molecule has 4 rings (SSSR count). The third kappa shape index (κ3) is 3.38. The van der Waals surface area contributed by atoms with Crippen molar-refractivity contribution in [2.45, 2.75) is 76.3 Å². The first-order chi connectivity index (χ1) is 15.4. The molecule has 8 nitrogen and oxygen atoms in total. The molecule has 0 heterocycles. The predicted molar refractivity (Wildman–Crippen MR) is 117 cm³/mol. The lowest BCUT2D eigenvalue weighted by atomic mass is 9.47. The van der Waals surface area contributed by atoms with Crippen molar-refractivity contribution in [3.63, 3.8) is 0 Å². The van der Waals surface area contributed by atoms with Crippen LogP contribution in [-0.4, -0.2) is 67.0 Å². The molecule has 1 unspecified atom stereocenters. The summed E-state index contributed by atoms with van der Waals surface area (Å²) in [6.45, 7) is 3.63. The number of carboxylic acids is 1. The summed E-state index contributed by atoms with van der Waals surface area (Å²) in [6, 6.07) is 0. The quantitative estimate of drug-likeness (QED) is 0.369. The first-order valence-electron chi connectivity index (χ1n) is 11.6. The molecule has 0 aromatic carbocycles. The fourth-order valence-electron chi connectivity index (χ4n) is 6.95. The van der Waals surface area contributed by atoms with Crippen molar-refractivity contribution >= 4 is 17.5 Å². The Balaban J connectivity index is 1.65. The van der Waals surface area contributed by atoms with Gasteiger partial charge in [0.15, 0.2) is 17.2 Å². The Morgan fingerprint density at radius 3 is 2.61 bits per heavy atom. The van der Waals surface area contributed by atoms with Crippen molar-refractivity contribution in [2.24, 2.45) is 22.7 Å². The molecule has 0 radical (unpaired) electrons. The van der Waals surface area contributed by atoms with Crippen molar-refractivity contribution in [3.05, 3.63) is 35.5 Å². The number of aliphatic hydroxyl groups is 4. The Hall–Kier alpha value is -2.13. The smallest absolute Gasteiger partial charge is 0.303 e. The highest BCUT2D eigenvalue weighted by Gasteiger charge is 2.68. The van der Waals surface area contributed by atoms with Crippen molar-refractivity contribution in [1.82, 2.24) is 0 Å². The molecule has 0 aromatic heterocycles. The number of aliphatic carboxylic acids is 1. The zero-order valence-corrected chi connectivity index (χ0v) is 18.9. The lowest BCUT2D eigenvalue weighted by Crippen LogP contribution is -2.64. The molecule has 4 aliphatic carbocycles.